The van der Waals surface area contributed by atoms with Crippen LogP contribution in [-0.4, -0.2) is 44.2 Å². The minimum atomic E-state index is -4.53. The summed E-state index contributed by atoms with van der Waals surface area (Å²) in [5.74, 6) is -0.761. The predicted octanol–water partition coefficient (Wildman–Crippen LogP) is 2.89. The van der Waals surface area contributed by atoms with Gasteiger partial charge in [-0.05, 0) is 37.6 Å². The van der Waals surface area contributed by atoms with Crippen molar-refractivity contribution in [2.45, 2.75) is 31.5 Å². The summed E-state index contributed by atoms with van der Waals surface area (Å²) in [7, 11) is 3.17. The number of halogens is 3. The van der Waals surface area contributed by atoms with Gasteiger partial charge < -0.3 is 14.4 Å². The molecular formula is C16H20F3NO3. The molecular weight excluding hydrogens is 311 g/mol. The molecule has 0 aromatic heterocycles. The molecule has 0 saturated carbocycles. The lowest BCUT2D eigenvalue weighted by Crippen LogP contribution is -2.36. The van der Waals surface area contributed by atoms with Crippen LogP contribution in [0, 0.1) is 0 Å². The molecule has 7 heteroatoms. The number of alkyl halides is 3. The largest absolute Gasteiger partial charge is 0.490 e. The smallest absolute Gasteiger partial charge is 0.419 e. The summed E-state index contributed by atoms with van der Waals surface area (Å²) in [6.07, 6.45) is -3.57. The van der Waals surface area contributed by atoms with Gasteiger partial charge in [0, 0.05) is 13.1 Å². The zero-order chi connectivity index (χ0) is 17.0. The van der Waals surface area contributed by atoms with Crippen molar-refractivity contribution in [2.24, 2.45) is 0 Å². The van der Waals surface area contributed by atoms with Crippen molar-refractivity contribution in [3.8, 4) is 5.75 Å². The molecule has 23 heavy (non-hydrogen) atoms. The standard InChI is InChI=1S/C16H20F3NO3/c1-20-7-5-12(6-8-20)23-14-4-3-11(10-15(21)22-2)9-13(14)16(17,18)19/h3-4,9,12H,5-8,10H2,1-2H3. The van der Waals surface area contributed by atoms with E-state index in [-0.39, 0.29) is 23.8 Å². The third-order valence-corrected chi connectivity index (χ3v) is 3.88. The van der Waals surface area contributed by atoms with Gasteiger partial charge in [-0.15, -0.1) is 0 Å². The molecule has 1 aliphatic rings. The van der Waals surface area contributed by atoms with Crippen LogP contribution < -0.4 is 4.74 Å². The van der Waals surface area contributed by atoms with E-state index in [1.165, 1.54) is 19.2 Å². The number of likely N-dealkylation sites (tertiary alicyclic amines) is 1. The lowest BCUT2D eigenvalue weighted by molar-refractivity contribution is -0.141. The van der Waals surface area contributed by atoms with Gasteiger partial charge in [-0.1, -0.05) is 6.07 Å². The molecule has 1 aromatic rings. The van der Waals surface area contributed by atoms with E-state index in [0.29, 0.717) is 12.8 Å². The minimum absolute atomic E-state index is 0.180. The van der Waals surface area contributed by atoms with E-state index < -0.39 is 17.7 Å². The summed E-state index contributed by atoms with van der Waals surface area (Å²) in [4.78, 5) is 13.4. The number of rotatable bonds is 4. The second-order valence-electron chi connectivity index (χ2n) is 5.70. The van der Waals surface area contributed by atoms with E-state index in [9.17, 15) is 18.0 Å². The Hall–Kier alpha value is -1.76. The molecule has 1 heterocycles. The van der Waals surface area contributed by atoms with Gasteiger partial charge in [0.1, 0.15) is 11.9 Å². The molecule has 0 radical (unpaired) electrons. The van der Waals surface area contributed by atoms with Crippen LogP contribution >= 0.6 is 0 Å². The number of nitrogens with zero attached hydrogens (tertiary/aromatic N) is 1. The summed E-state index contributed by atoms with van der Waals surface area (Å²) in [5.41, 5.74) is -0.599. The van der Waals surface area contributed by atoms with Crippen molar-refractivity contribution >= 4 is 5.97 Å². The average Bonchev–Trinajstić information content (AvgIpc) is 2.50. The van der Waals surface area contributed by atoms with Crippen LogP contribution in [-0.2, 0) is 22.1 Å². The first kappa shape index (κ1) is 17.6. The summed E-state index contributed by atoms with van der Waals surface area (Å²) in [6.45, 7) is 1.60. The third-order valence-electron chi connectivity index (χ3n) is 3.88. The average molecular weight is 331 g/mol. The molecule has 0 atom stereocenters. The van der Waals surface area contributed by atoms with Crippen molar-refractivity contribution < 1.29 is 27.4 Å². The van der Waals surface area contributed by atoms with Crippen molar-refractivity contribution in [3.05, 3.63) is 29.3 Å². The summed E-state index contributed by atoms with van der Waals surface area (Å²) < 4.78 is 49.8. The van der Waals surface area contributed by atoms with Crippen molar-refractivity contribution in [1.82, 2.24) is 4.90 Å². The van der Waals surface area contributed by atoms with Crippen LogP contribution in [0.2, 0.25) is 0 Å². The molecule has 0 amide bonds. The zero-order valence-electron chi connectivity index (χ0n) is 13.2. The fraction of sp³-hybridized carbons (Fsp3) is 0.562. The topological polar surface area (TPSA) is 38.8 Å². The normalized spacial score (nSPS) is 17.1. The first-order valence-corrected chi connectivity index (χ1v) is 7.41. The molecule has 1 aromatic carbocycles. The molecule has 128 valence electrons. The van der Waals surface area contributed by atoms with Gasteiger partial charge in [0.25, 0.3) is 0 Å². The van der Waals surface area contributed by atoms with Crippen LogP contribution in [0.25, 0.3) is 0 Å². The first-order chi connectivity index (χ1) is 10.8. The molecule has 2 rings (SSSR count). The molecule has 0 N–H and O–H groups in total. The lowest BCUT2D eigenvalue weighted by Gasteiger charge is -2.30. The van der Waals surface area contributed by atoms with Crippen molar-refractivity contribution in [3.63, 3.8) is 0 Å². The Morgan fingerprint density at radius 3 is 2.52 bits per heavy atom. The molecule has 0 spiro atoms. The Balaban J connectivity index is 2.19. The molecule has 4 nitrogen and oxygen atoms in total. The van der Waals surface area contributed by atoms with Gasteiger partial charge in [0.15, 0.2) is 0 Å². The molecule has 1 fully saturated rings. The van der Waals surface area contributed by atoms with E-state index >= 15 is 0 Å². The quantitative estimate of drug-likeness (QED) is 0.795. The van der Waals surface area contributed by atoms with Crippen molar-refractivity contribution in [1.29, 1.82) is 0 Å². The number of hydrogen-bond acceptors (Lipinski definition) is 4. The fourth-order valence-corrected chi connectivity index (χ4v) is 2.53. The van der Waals surface area contributed by atoms with E-state index in [0.717, 1.165) is 19.2 Å². The Labute approximate surface area is 133 Å². The number of piperidine rings is 1. The SMILES string of the molecule is COC(=O)Cc1ccc(OC2CCN(C)CC2)c(C(F)(F)F)c1. The molecule has 0 aliphatic carbocycles. The molecule has 1 aliphatic heterocycles. The minimum Gasteiger partial charge on any atom is -0.490 e. The van der Waals surface area contributed by atoms with Crippen molar-refractivity contribution in [2.75, 3.05) is 27.2 Å². The fourth-order valence-electron chi connectivity index (χ4n) is 2.53. The third kappa shape index (κ3) is 4.86. The zero-order valence-corrected chi connectivity index (χ0v) is 13.2. The first-order valence-electron chi connectivity index (χ1n) is 7.41. The van der Waals surface area contributed by atoms with Gasteiger partial charge in [0.2, 0.25) is 0 Å². The Bertz CT molecular complexity index is 552. The van der Waals surface area contributed by atoms with Gasteiger partial charge >= 0.3 is 12.1 Å². The maximum Gasteiger partial charge on any atom is 0.419 e. The predicted molar refractivity (Wildman–Crippen MR) is 78.3 cm³/mol. The van der Waals surface area contributed by atoms with E-state index in [1.807, 2.05) is 7.05 Å². The number of carbonyl (C=O) groups is 1. The monoisotopic (exact) mass is 331 g/mol. The Morgan fingerprint density at radius 2 is 1.96 bits per heavy atom. The maximum absolute atomic E-state index is 13.3. The lowest BCUT2D eigenvalue weighted by atomic mass is 10.1. The van der Waals surface area contributed by atoms with Gasteiger partial charge in [-0.2, -0.15) is 13.2 Å². The number of ether oxygens (including phenoxy) is 2. The summed E-state index contributed by atoms with van der Waals surface area (Å²) in [5, 5.41) is 0. The number of carbonyl (C=O) groups excluding carboxylic acids is 1. The highest BCUT2D eigenvalue weighted by Gasteiger charge is 2.35. The molecule has 0 bridgehead atoms. The number of benzene rings is 1. The highest BCUT2D eigenvalue weighted by atomic mass is 19.4. The second kappa shape index (κ2) is 7.21. The van der Waals surface area contributed by atoms with Crippen LogP contribution in [0.4, 0.5) is 13.2 Å². The highest BCUT2D eigenvalue weighted by molar-refractivity contribution is 5.72. The van der Waals surface area contributed by atoms with Crippen LogP contribution in [0.15, 0.2) is 18.2 Å². The van der Waals surface area contributed by atoms with Gasteiger partial charge in [-0.25, -0.2) is 0 Å². The summed E-state index contributed by atoms with van der Waals surface area (Å²) >= 11 is 0. The van der Waals surface area contributed by atoms with Gasteiger partial charge in [-0.3, -0.25) is 4.79 Å². The second-order valence-corrected chi connectivity index (χ2v) is 5.70. The highest BCUT2D eigenvalue weighted by Crippen LogP contribution is 2.38. The van der Waals surface area contributed by atoms with E-state index in [4.69, 9.17) is 4.74 Å². The maximum atomic E-state index is 13.3. The van der Waals surface area contributed by atoms with Crippen LogP contribution in [0.5, 0.6) is 5.75 Å². The Kier molecular flexibility index (Phi) is 5.51. The van der Waals surface area contributed by atoms with Crippen LogP contribution in [0.1, 0.15) is 24.0 Å². The molecule has 0 unspecified atom stereocenters. The summed E-state index contributed by atoms with van der Waals surface area (Å²) in [6, 6.07) is 3.72. The van der Waals surface area contributed by atoms with E-state index in [2.05, 4.69) is 9.64 Å². The van der Waals surface area contributed by atoms with Gasteiger partial charge in [0.05, 0.1) is 19.1 Å². The Morgan fingerprint density at radius 1 is 1.30 bits per heavy atom. The number of hydrogen-bond donors (Lipinski definition) is 0. The van der Waals surface area contributed by atoms with Crippen LogP contribution in [0.3, 0.4) is 0 Å². The number of methoxy groups -OCH3 is 1. The molecule has 1 saturated heterocycles. The van der Waals surface area contributed by atoms with E-state index in [1.54, 1.807) is 0 Å². The number of esters is 1.